The van der Waals surface area contributed by atoms with Crippen molar-refractivity contribution in [2.24, 2.45) is 0 Å². The second kappa shape index (κ2) is 4.66. The van der Waals surface area contributed by atoms with E-state index in [1.807, 2.05) is 13.8 Å². The third-order valence-electron chi connectivity index (χ3n) is 2.05. The molecule has 9 heteroatoms. The molecule has 1 N–H and O–H groups in total. The van der Waals surface area contributed by atoms with Crippen molar-refractivity contribution in [1.82, 2.24) is 10.2 Å². The van der Waals surface area contributed by atoms with E-state index in [1.54, 1.807) is 4.90 Å². The Kier molecular flexibility index (Phi) is 3.70. The predicted octanol–water partition coefficient (Wildman–Crippen LogP) is 0.155. The molecular formula is C7H14N4O4S. The highest BCUT2D eigenvalue weighted by Gasteiger charge is 2.21. The van der Waals surface area contributed by atoms with Gasteiger partial charge in [0.2, 0.25) is 0 Å². The molecule has 0 bridgehead atoms. The van der Waals surface area contributed by atoms with Crippen LogP contribution in [0.2, 0.25) is 0 Å². The predicted molar refractivity (Wildman–Crippen MR) is 57.8 cm³/mol. The fraction of sp³-hybridized carbons (Fsp3) is 0.714. The van der Waals surface area contributed by atoms with Crippen molar-refractivity contribution in [1.29, 1.82) is 0 Å². The van der Waals surface area contributed by atoms with Gasteiger partial charge in [0.05, 0.1) is 0 Å². The van der Waals surface area contributed by atoms with Crippen molar-refractivity contribution < 1.29 is 17.4 Å². The van der Waals surface area contributed by atoms with Gasteiger partial charge in [0.15, 0.2) is 0 Å². The minimum Gasteiger partial charge on any atom is -0.389 e. The van der Waals surface area contributed by atoms with Crippen LogP contribution in [-0.2, 0) is 10.3 Å². The minimum atomic E-state index is -4.36. The van der Waals surface area contributed by atoms with E-state index in [4.69, 9.17) is 8.97 Å². The minimum absolute atomic E-state index is 0.218. The standard InChI is InChI=1S/C7H14N4O4S/c1-4-11(5-2)7-9-8-6(15-7)10(3)16(12,13)14/h4-5H2,1-3H3,(H,12,13,14). The lowest BCUT2D eigenvalue weighted by molar-refractivity contribution is 0.472. The van der Waals surface area contributed by atoms with Crippen LogP contribution in [0.4, 0.5) is 12.0 Å². The summed E-state index contributed by atoms with van der Waals surface area (Å²) < 4.78 is 36.0. The fourth-order valence-electron chi connectivity index (χ4n) is 1.06. The first-order valence-corrected chi connectivity index (χ1v) is 6.09. The summed E-state index contributed by atoms with van der Waals surface area (Å²) in [6, 6.07) is -0.0556. The molecular weight excluding hydrogens is 236 g/mol. The number of aromatic nitrogens is 2. The van der Waals surface area contributed by atoms with Gasteiger partial charge in [-0.25, -0.2) is 4.31 Å². The first-order valence-electron chi connectivity index (χ1n) is 4.70. The quantitative estimate of drug-likeness (QED) is 0.742. The van der Waals surface area contributed by atoms with Crippen LogP contribution in [0.3, 0.4) is 0 Å². The summed E-state index contributed by atoms with van der Waals surface area (Å²) in [5.74, 6) is 0. The molecule has 0 aliphatic carbocycles. The van der Waals surface area contributed by atoms with Crippen LogP contribution in [0, 0.1) is 0 Å². The number of nitrogens with zero attached hydrogens (tertiary/aromatic N) is 4. The maximum absolute atomic E-state index is 10.8. The zero-order valence-electron chi connectivity index (χ0n) is 9.28. The molecule has 0 aromatic carbocycles. The van der Waals surface area contributed by atoms with Crippen molar-refractivity contribution >= 4 is 22.3 Å². The third kappa shape index (κ3) is 2.61. The summed E-state index contributed by atoms with van der Waals surface area (Å²) in [7, 11) is -3.24. The third-order valence-corrected chi connectivity index (χ3v) is 2.90. The zero-order chi connectivity index (χ0) is 12.3. The molecule has 0 aliphatic rings. The number of hydrogen-bond donors (Lipinski definition) is 1. The highest BCUT2D eigenvalue weighted by molar-refractivity contribution is 7.87. The summed E-state index contributed by atoms with van der Waals surface area (Å²) in [6.07, 6.45) is 0. The first-order chi connectivity index (χ1) is 7.40. The fourth-order valence-corrected chi connectivity index (χ4v) is 1.33. The van der Waals surface area contributed by atoms with Gasteiger partial charge in [0.25, 0.3) is 0 Å². The molecule has 92 valence electrons. The van der Waals surface area contributed by atoms with E-state index >= 15 is 0 Å². The number of anilines is 2. The van der Waals surface area contributed by atoms with Gasteiger partial charge < -0.3 is 9.32 Å². The largest absolute Gasteiger partial charge is 0.389 e. The number of hydrogen-bond acceptors (Lipinski definition) is 6. The highest BCUT2D eigenvalue weighted by atomic mass is 32.2. The monoisotopic (exact) mass is 250 g/mol. The van der Waals surface area contributed by atoms with Crippen molar-refractivity contribution in [3.05, 3.63) is 0 Å². The van der Waals surface area contributed by atoms with Crippen LogP contribution < -0.4 is 9.21 Å². The normalized spacial score (nSPS) is 11.5. The Morgan fingerprint density at radius 3 is 2.19 bits per heavy atom. The van der Waals surface area contributed by atoms with Crippen molar-refractivity contribution in [2.75, 3.05) is 29.3 Å². The van der Waals surface area contributed by atoms with Gasteiger partial charge >= 0.3 is 22.3 Å². The molecule has 0 unspecified atom stereocenters. The van der Waals surface area contributed by atoms with Gasteiger partial charge in [-0.2, -0.15) is 8.42 Å². The zero-order valence-corrected chi connectivity index (χ0v) is 10.1. The Labute approximate surface area is 93.7 Å². The van der Waals surface area contributed by atoms with Crippen LogP contribution in [-0.4, -0.2) is 43.3 Å². The highest BCUT2D eigenvalue weighted by Crippen LogP contribution is 2.18. The maximum Gasteiger partial charge on any atom is 0.363 e. The number of rotatable bonds is 5. The van der Waals surface area contributed by atoms with Gasteiger partial charge in [0, 0.05) is 20.1 Å². The van der Waals surface area contributed by atoms with Crippen LogP contribution in [0.1, 0.15) is 13.8 Å². The van der Waals surface area contributed by atoms with Gasteiger partial charge in [-0.05, 0) is 13.8 Å². The van der Waals surface area contributed by atoms with Gasteiger partial charge in [-0.1, -0.05) is 10.2 Å². The van der Waals surface area contributed by atoms with E-state index in [0.29, 0.717) is 17.4 Å². The Bertz CT molecular complexity index is 439. The van der Waals surface area contributed by atoms with Gasteiger partial charge in [-0.15, -0.1) is 0 Å². The van der Waals surface area contributed by atoms with Crippen LogP contribution in [0.5, 0.6) is 0 Å². The van der Waals surface area contributed by atoms with E-state index in [9.17, 15) is 8.42 Å². The Morgan fingerprint density at radius 2 is 1.75 bits per heavy atom. The smallest absolute Gasteiger partial charge is 0.363 e. The van der Waals surface area contributed by atoms with E-state index in [0.717, 1.165) is 7.05 Å². The molecule has 0 aliphatic heterocycles. The summed E-state index contributed by atoms with van der Waals surface area (Å²) in [4.78, 5) is 1.76. The molecule has 1 rings (SSSR count). The van der Waals surface area contributed by atoms with Crippen LogP contribution in [0.15, 0.2) is 4.42 Å². The Morgan fingerprint density at radius 1 is 1.25 bits per heavy atom. The molecule has 0 spiro atoms. The molecule has 1 heterocycles. The van der Waals surface area contributed by atoms with Crippen molar-refractivity contribution in [3.63, 3.8) is 0 Å². The van der Waals surface area contributed by atoms with Gasteiger partial charge in [-0.3, -0.25) is 4.55 Å². The second-order valence-electron chi connectivity index (χ2n) is 2.98. The molecule has 16 heavy (non-hydrogen) atoms. The lowest BCUT2D eigenvalue weighted by Crippen LogP contribution is -2.25. The maximum atomic E-state index is 10.8. The Balaban J connectivity index is 2.95. The van der Waals surface area contributed by atoms with Crippen molar-refractivity contribution in [3.8, 4) is 0 Å². The average molecular weight is 250 g/mol. The molecule has 1 aromatic heterocycles. The lowest BCUT2D eigenvalue weighted by Gasteiger charge is -2.14. The molecule has 0 radical (unpaired) electrons. The van der Waals surface area contributed by atoms with E-state index in [2.05, 4.69) is 10.2 Å². The first kappa shape index (κ1) is 12.7. The van der Waals surface area contributed by atoms with E-state index in [-0.39, 0.29) is 12.0 Å². The summed E-state index contributed by atoms with van der Waals surface area (Å²) in [6.45, 7) is 5.13. The molecule has 1 aromatic rings. The van der Waals surface area contributed by atoms with Crippen LogP contribution in [0.25, 0.3) is 0 Å². The van der Waals surface area contributed by atoms with E-state index < -0.39 is 10.3 Å². The lowest BCUT2D eigenvalue weighted by atomic mass is 10.5. The SMILES string of the molecule is CCN(CC)c1nnc(N(C)S(=O)(=O)O)o1. The summed E-state index contributed by atoms with van der Waals surface area (Å²) in [5, 5.41) is 7.21. The van der Waals surface area contributed by atoms with Crippen LogP contribution >= 0.6 is 0 Å². The second-order valence-corrected chi connectivity index (χ2v) is 4.43. The van der Waals surface area contributed by atoms with Crippen molar-refractivity contribution in [2.45, 2.75) is 13.8 Å². The summed E-state index contributed by atoms with van der Waals surface area (Å²) in [5.41, 5.74) is 0. The summed E-state index contributed by atoms with van der Waals surface area (Å²) >= 11 is 0. The van der Waals surface area contributed by atoms with Gasteiger partial charge in [0.1, 0.15) is 0 Å². The molecule has 8 nitrogen and oxygen atoms in total. The molecule has 0 atom stereocenters. The topological polar surface area (TPSA) is 99.8 Å². The average Bonchev–Trinajstić information content (AvgIpc) is 2.66. The van der Waals surface area contributed by atoms with E-state index in [1.165, 1.54) is 0 Å². The Hall–Kier alpha value is -1.35. The molecule has 0 saturated heterocycles. The molecule has 0 amide bonds. The molecule has 0 fully saturated rings. The molecule has 0 saturated carbocycles.